The molecule has 4 heteroatoms. The first kappa shape index (κ1) is 18.7. The summed E-state index contributed by atoms with van der Waals surface area (Å²) < 4.78 is 14.5. The summed E-state index contributed by atoms with van der Waals surface area (Å²) in [5.41, 5.74) is 3.08. The fourth-order valence-corrected chi connectivity index (χ4v) is 3.18. The second-order valence-electron chi connectivity index (χ2n) is 7.02. The Balaban J connectivity index is 1.74. The summed E-state index contributed by atoms with van der Waals surface area (Å²) in [6.45, 7) is 0. The van der Waals surface area contributed by atoms with Crippen LogP contribution in [0.1, 0.15) is 5.56 Å². The molecule has 0 aliphatic carbocycles. The molecule has 0 atom stereocenters. The molecule has 0 saturated carbocycles. The molecule has 0 unspecified atom stereocenters. The lowest BCUT2D eigenvalue weighted by Gasteiger charge is -2.20. The molecule has 0 aromatic heterocycles. The van der Waals surface area contributed by atoms with Crippen LogP contribution in [-0.2, 0) is 0 Å². The van der Waals surface area contributed by atoms with Crippen LogP contribution >= 0.6 is 0 Å². The molecule has 0 N–H and O–H groups in total. The van der Waals surface area contributed by atoms with E-state index in [1.165, 1.54) is 11.5 Å². The van der Waals surface area contributed by atoms with Crippen LogP contribution in [0.25, 0.3) is 10.8 Å². The van der Waals surface area contributed by atoms with E-state index in [0.29, 0.717) is 5.56 Å². The minimum atomic E-state index is -0.300. The van der Waals surface area contributed by atoms with Crippen molar-refractivity contribution in [1.29, 1.82) is 0 Å². The maximum Gasteiger partial charge on any atom is 0.134 e. The lowest BCUT2D eigenvalue weighted by Crippen LogP contribution is -2.11. The van der Waals surface area contributed by atoms with Crippen LogP contribution in [0.15, 0.2) is 96.1 Å². The van der Waals surface area contributed by atoms with E-state index in [2.05, 4.69) is 29.4 Å². The minimum absolute atomic E-state index is 0.300. The Labute approximate surface area is 170 Å². The predicted octanol–water partition coefficient (Wildman–Crippen LogP) is 6.22. The zero-order chi connectivity index (χ0) is 20.2. The Morgan fingerprint density at radius 2 is 1.38 bits per heavy atom. The van der Waals surface area contributed by atoms with Gasteiger partial charge in [-0.3, -0.25) is 0 Å². The quantitative estimate of drug-likeness (QED) is 0.301. The van der Waals surface area contributed by atoms with Crippen LogP contribution in [0, 0.1) is 5.82 Å². The molecule has 0 aliphatic rings. The van der Waals surface area contributed by atoms with Crippen molar-refractivity contribution < 1.29 is 4.39 Å². The lowest BCUT2D eigenvalue weighted by molar-refractivity contribution is 0.625. The van der Waals surface area contributed by atoms with Gasteiger partial charge in [0.05, 0.1) is 17.6 Å². The number of halogens is 1. The van der Waals surface area contributed by atoms with E-state index in [1.807, 2.05) is 78.6 Å². The number of hydrazone groups is 1. The molecule has 0 bridgehead atoms. The molecule has 0 radical (unpaired) electrons. The average molecular weight is 383 g/mol. The highest BCUT2D eigenvalue weighted by Crippen LogP contribution is 2.29. The fourth-order valence-electron chi connectivity index (χ4n) is 3.18. The number of hydrogen-bond donors (Lipinski definition) is 0. The van der Waals surface area contributed by atoms with E-state index in [0.717, 1.165) is 22.4 Å². The number of nitrogens with zero attached hydrogens (tertiary/aromatic N) is 3. The zero-order valence-electron chi connectivity index (χ0n) is 16.5. The number of rotatable bonds is 5. The maximum atomic E-state index is 14.5. The molecule has 0 amide bonds. The van der Waals surface area contributed by atoms with Crippen molar-refractivity contribution in [3.8, 4) is 0 Å². The highest BCUT2D eigenvalue weighted by atomic mass is 19.1. The van der Waals surface area contributed by atoms with Crippen LogP contribution < -0.4 is 9.91 Å². The average Bonchev–Trinajstić information content (AvgIpc) is 2.75. The Morgan fingerprint density at radius 1 is 0.690 bits per heavy atom. The third-order valence-corrected chi connectivity index (χ3v) is 4.79. The molecule has 0 aliphatic heterocycles. The molecule has 0 spiro atoms. The van der Waals surface area contributed by atoms with Crippen molar-refractivity contribution in [3.63, 3.8) is 0 Å². The highest BCUT2D eigenvalue weighted by molar-refractivity contribution is 5.88. The van der Waals surface area contributed by atoms with Crippen LogP contribution in [0.2, 0.25) is 0 Å². The van der Waals surface area contributed by atoms with Gasteiger partial charge in [0.15, 0.2) is 0 Å². The first-order chi connectivity index (χ1) is 14.1. The molecule has 4 aromatic rings. The monoisotopic (exact) mass is 383 g/mol. The minimum Gasteiger partial charge on any atom is -0.378 e. The number of benzene rings is 4. The predicted molar refractivity (Wildman–Crippen MR) is 121 cm³/mol. The van der Waals surface area contributed by atoms with Gasteiger partial charge >= 0.3 is 0 Å². The molecular formula is C25H22FN3. The topological polar surface area (TPSA) is 18.8 Å². The van der Waals surface area contributed by atoms with E-state index in [1.54, 1.807) is 12.3 Å². The van der Waals surface area contributed by atoms with Crippen molar-refractivity contribution in [2.24, 2.45) is 5.10 Å². The largest absolute Gasteiger partial charge is 0.378 e. The fraction of sp³-hybridized carbons (Fsp3) is 0.0800. The first-order valence-electron chi connectivity index (χ1n) is 9.47. The van der Waals surface area contributed by atoms with Gasteiger partial charge in [0, 0.05) is 25.3 Å². The van der Waals surface area contributed by atoms with Crippen LogP contribution in [-0.4, -0.2) is 20.3 Å². The summed E-state index contributed by atoms with van der Waals surface area (Å²) in [5, 5.41) is 8.75. The van der Waals surface area contributed by atoms with Gasteiger partial charge in [-0.2, -0.15) is 5.10 Å². The summed E-state index contributed by atoms with van der Waals surface area (Å²) in [4.78, 5) is 1.87. The van der Waals surface area contributed by atoms with E-state index < -0.39 is 0 Å². The normalized spacial score (nSPS) is 11.1. The third-order valence-electron chi connectivity index (χ3n) is 4.79. The summed E-state index contributed by atoms with van der Waals surface area (Å²) in [5.74, 6) is -0.300. The van der Waals surface area contributed by atoms with Crippen molar-refractivity contribution in [3.05, 3.63) is 102 Å². The molecule has 144 valence electrons. The second kappa shape index (κ2) is 8.15. The Hall–Kier alpha value is -3.66. The molecular weight excluding hydrogens is 361 g/mol. The summed E-state index contributed by atoms with van der Waals surface area (Å²) >= 11 is 0. The standard InChI is InChI=1S/C25H22FN3/c1-28(2)23-14-13-21(25(26)17-23)18-27-29(22-10-4-3-5-11-22)24-15-12-19-8-6-7-9-20(19)16-24/h3-18H,1-2H3/b27-18+. The van der Waals surface area contributed by atoms with Crippen molar-refractivity contribution in [1.82, 2.24) is 0 Å². The lowest BCUT2D eigenvalue weighted by atomic mass is 10.1. The van der Waals surface area contributed by atoms with Gasteiger partial charge in [-0.25, -0.2) is 9.40 Å². The smallest absolute Gasteiger partial charge is 0.134 e. The van der Waals surface area contributed by atoms with E-state index in [-0.39, 0.29) is 5.82 Å². The van der Waals surface area contributed by atoms with Crippen LogP contribution in [0.3, 0.4) is 0 Å². The van der Waals surface area contributed by atoms with Crippen LogP contribution in [0.5, 0.6) is 0 Å². The highest BCUT2D eigenvalue weighted by Gasteiger charge is 2.09. The summed E-state index contributed by atoms with van der Waals surface area (Å²) in [6, 6.07) is 29.4. The second-order valence-corrected chi connectivity index (χ2v) is 7.02. The van der Waals surface area contributed by atoms with E-state index in [4.69, 9.17) is 0 Å². The molecule has 0 saturated heterocycles. The molecule has 0 fully saturated rings. The number of fused-ring (bicyclic) bond motifs is 1. The maximum absolute atomic E-state index is 14.5. The number of hydrogen-bond acceptors (Lipinski definition) is 3. The Morgan fingerprint density at radius 3 is 2.10 bits per heavy atom. The third kappa shape index (κ3) is 4.11. The van der Waals surface area contributed by atoms with E-state index in [9.17, 15) is 4.39 Å². The van der Waals surface area contributed by atoms with Gasteiger partial charge in [0.1, 0.15) is 5.82 Å². The van der Waals surface area contributed by atoms with Gasteiger partial charge in [-0.05, 0) is 53.2 Å². The molecule has 4 rings (SSSR count). The van der Waals surface area contributed by atoms with Crippen LogP contribution in [0.4, 0.5) is 21.5 Å². The molecule has 0 heterocycles. The molecule has 29 heavy (non-hydrogen) atoms. The Kier molecular flexibility index (Phi) is 5.25. The van der Waals surface area contributed by atoms with E-state index >= 15 is 0 Å². The van der Waals surface area contributed by atoms with Gasteiger partial charge in [0.2, 0.25) is 0 Å². The van der Waals surface area contributed by atoms with Crippen molar-refractivity contribution >= 4 is 34.0 Å². The van der Waals surface area contributed by atoms with Gasteiger partial charge in [0.25, 0.3) is 0 Å². The van der Waals surface area contributed by atoms with Gasteiger partial charge in [-0.1, -0.05) is 48.5 Å². The summed E-state index contributed by atoms with van der Waals surface area (Å²) in [7, 11) is 3.78. The van der Waals surface area contributed by atoms with Crippen molar-refractivity contribution in [2.45, 2.75) is 0 Å². The van der Waals surface area contributed by atoms with Crippen molar-refractivity contribution in [2.75, 3.05) is 24.0 Å². The zero-order valence-corrected chi connectivity index (χ0v) is 16.5. The SMILES string of the molecule is CN(C)c1ccc(/C=N/N(c2ccccc2)c2ccc3ccccc3c2)c(F)c1. The van der Waals surface area contributed by atoms with Gasteiger partial charge < -0.3 is 4.90 Å². The Bertz CT molecular complexity index is 1150. The number of anilines is 3. The number of para-hydroxylation sites is 1. The first-order valence-corrected chi connectivity index (χ1v) is 9.47. The van der Waals surface area contributed by atoms with Gasteiger partial charge in [-0.15, -0.1) is 0 Å². The molecule has 4 aromatic carbocycles. The summed E-state index contributed by atoms with van der Waals surface area (Å²) in [6.07, 6.45) is 1.57. The molecule has 3 nitrogen and oxygen atoms in total.